The van der Waals surface area contributed by atoms with Gasteiger partial charge in [0.15, 0.2) is 11.5 Å². The Balaban J connectivity index is 1.95. The van der Waals surface area contributed by atoms with Gasteiger partial charge in [-0.05, 0) is 37.7 Å². The third-order valence-electron chi connectivity index (χ3n) is 5.21. The lowest BCUT2D eigenvalue weighted by Gasteiger charge is -2.34. The van der Waals surface area contributed by atoms with Gasteiger partial charge in [-0.25, -0.2) is 0 Å². The molecule has 5 nitrogen and oxygen atoms in total. The van der Waals surface area contributed by atoms with Crippen molar-refractivity contribution in [2.24, 2.45) is 10.9 Å². The number of nitrogens with two attached hydrogens (primary N) is 1. The largest absolute Gasteiger partial charge is 0.493 e. The fraction of sp³-hybridized carbons (Fsp3) is 0.471. The lowest BCUT2D eigenvalue weighted by Crippen LogP contribution is -2.42. The Kier molecular flexibility index (Phi) is 2.94. The van der Waals surface area contributed by atoms with Crippen molar-refractivity contribution in [3.8, 4) is 11.5 Å². The van der Waals surface area contributed by atoms with E-state index in [0.29, 0.717) is 0 Å². The standard InChI is InChI=1S/C17H21N3O2/c1-20-8-7-17-6-5-12(19-18)9-14(17)22-16-13(21-2)4-3-11(10-20)15(16)17/h3-6,14H,7-10,18H2,1-2H3/b19-12-. The summed E-state index contributed by atoms with van der Waals surface area (Å²) in [6.45, 7) is 1.98. The zero-order valence-electron chi connectivity index (χ0n) is 13.0. The number of hydrogen-bond acceptors (Lipinski definition) is 5. The molecule has 1 aliphatic carbocycles. The number of benzene rings is 1. The second-order valence-electron chi connectivity index (χ2n) is 6.42. The monoisotopic (exact) mass is 299 g/mol. The Morgan fingerprint density at radius 1 is 1.45 bits per heavy atom. The van der Waals surface area contributed by atoms with Gasteiger partial charge < -0.3 is 20.2 Å². The highest BCUT2D eigenvalue weighted by Crippen LogP contribution is 2.55. The van der Waals surface area contributed by atoms with Gasteiger partial charge in [-0.15, -0.1) is 0 Å². The first-order chi connectivity index (χ1) is 10.7. The predicted octanol–water partition coefficient (Wildman–Crippen LogP) is 1.80. The summed E-state index contributed by atoms with van der Waals surface area (Å²) in [6.07, 6.45) is 6.14. The molecule has 0 aromatic heterocycles. The Bertz CT molecular complexity index is 683. The molecule has 0 saturated heterocycles. The summed E-state index contributed by atoms with van der Waals surface area (Å²) in [5.74, 6) is 7.20. The minimum atomic E-state index is -0.0852. The molecule has 0 radical (unpaired) electrons. The quantitative estimate of drug-likeness (QED) is 0.634. The minimum Gasteiger partial charge on any atom is -0.493 e. The SMILES string of the molecule is COc1ccc2c3c1OC1C/C(=N\N)C=CC31CCN(C)C2. The number of ether oxygens (including phenoxy) is 2. The summed E-state index contributed by atoms with van der Waals surface area (Å²) < 4.78 is 11.9. The van der Waals surface area contributed by atoms with Crippen LogP contribution in [0.15, 0.2) is 29.4 Å². The molecule has 0 bridgehead atoms. The number of allylic oxidation sites excluding steroid dienone is 1. The van der Waals surface area contributed by atoms with Gasteiger partial charge in [0, 0.05) is 18.5 Å². The molecular weight excluding hydrogens is 278 g/mol. The van der Waals surface area contributed by atoms with Gasteiger partial charge in [0.25, 0.3) is 0 Å². The number of rotatable bonds is 1. The molecule has 2 unspecified atom stereocenters. The average Bonchev–Trinajstić information content (AvgIpc) is 2.80. The molecule has 22 heavy (non-hydrogen) atoms. The van der Waals surface area contributed by atoms with E-state index in [1.165, 1.54) is 11.1 Å². The highest BCUT2D eigenvalue weighted by molar-refractivity contribution is 5.97. The molecule has 2 atom stereocenters. The lowest BCUT2D eigenvalue weighted by atomic mass is 9.69. The van der Waals surface area contributed by atoms with Crippen molar-refractivity contribution in [1.82, 2.24) is 4.90 Å². The van der Waals surface area contributed by atoms with Crippen LogP contribution in [0.25, 0.3) is 0 Å². The summed E-state index contributed by atoms with van der Waals surface area (Å²) in [7, 11) is 3.87. The van der Waals surface area contributed by atoms with Crippen molar-refractivity contribution >= 4 is 5.71 Å². The number of nitrogens with zero attached hydrogens (tertiary/aromatic N) is 2. The molecule has 0 fully saturated rings. The molecule has 0 saturated carbocycles. The average molecular weight is 299 g/mol. The van der Waals surface area contributed by atoms with E-state index in [0.717, 1.165) is 43.1 Å². The second-order valence-corrected chi connectivity index (χ2v) is 6.42. The molecule has 2 heterocycles. The third-order valence-corrected chi connectivity index (χ3v) is 5.21. The van der Waals surface area contributed by atoms with E-state index in [1.807, 2.05) is 6.07 Å². The van der Waals surface area contributed by atoms with Crippen LogP contribution in [-0.4, -0.2) is 37.4 Å². The van der Waals surface area contributed by atoms with Gasteiger partial charge in [0.1, 0.15) is 6.10 Å². The van der Waals surface area contributed by atoms with Crippen LogP contribution >= 0.6 is 0 Å². The predicted molar refractivity (Wildman–Crippen MR) is 85.4 cm³/mol. The number of methoxy groups -OCH3 is 1. The number of hydrogen-bond donors (Lipinski definition) is 1. The molecule has 0 amide bonds. The van der Waals surface area contributed by atoms with Crippen LogP contribution in [0.2, 0.25) is 0 Å². The van der Waals surface area contributed by atoms with Crippen LogP contribution in [0.1, 0.15) is 24.0 Å². The van der Waals surface area contributed by atoms with Gasteiger partial charge in [0.2, 0.25) is 0 Å². The van der Waals surface area contributed by atoms with Crippen LogP contribution in [0.3, 0.4) is 0 Å². The minimum absolute atomic E-state index is 0.0522. The van der Waals surface area contributed by atoms with Crippen LogP contribution < -0.4 is 15.3 Å². The van der Waals surface area contributed by atoms with Crippen molar-refractivity contribution in [2.45, 2.75) is 30.9 Å². The fourth-order valence-electron chi connectivity index (χ4n) is 4.06. The van der Waals surface area contributed by atoms with Crippen LogP contribution in [-0.2, 0) is 12.0 Å². The zero-order valence-corrected chi connectivity index (χ0v) is 13.0. The molecular formula is C17H21N3O2. The van der Waals surface area contributed by atoms with E-state index in [2.05, 4.69) is 35.3 Å². The Morgan fingerprint density at radius 3 is 3.09 bits per heavy atom. The van der Waals surface area contributed by atoms with E-state index < -0.39 is 0 Å². The summed E-state index contributed by atoms with van der Waals surface area (Å²) >= 11 is 0. The topological polar surface area (TPSA) is 60.1 Å². The smallest absolute Gasteiger partial charge is 0.166 e. The molecule has 4 rings (SSSR count). The lowest BCUT2D eigenvalue weighted by molar-refractivity contribution is 0.158. The van der Waals surface area contributed by atoms with Gasteiger partial charge in [0.05, 0.1) is 18.2 Å². The summed E-state index contributed by atoms with van der Waals surface area (Å²) in [4.78, 5) is 2.37. The van der Waals surface area contributed by atoms with Gasteiger partial charge in [-0.1, -0.05) is 12.1 Å². The van der Waals surface area contributed by atoms with E-state index in [-0.39, 0.29) is 11.5 Å². The zero-order chi connectivity index (χ0) is 15.3. The number of hydrazone groups is 1. The third kappa shape index (κ3) is 1.72. The maximum atomic E-state index is 6.34. The van der Waals surface area contributed by atoms with Gasteiger partial charge in [-0.2, -0.15) is 5.10 Å². The molecule has 5 heteroatoms. The Labute approximate surface area is 130 Å². The van der Waals surface area contributed by atoms with Gasteiger partial charge >= 0.3 is 0 Å². The maximum absolute atomic E-state index is 6.34. The van der Waals surface area contributed by atoms with Crippen LogP contribution in [0.4, 0.5) is 0 Å². The maximum Gasteiger partial charge on any atom is 0.166 e. The summed E-state index contributed by atoms with van der Waals surface area (Å²) in [6, 6.07) is 4.19. The molecule has 2 aliphatic heterocycles. The summed E-state index contributed by atoms with van der Waals surface area (Å²) in [5.41, 5.74) is 3.43. The highest BCUT2D eigenvalue weighted by Gasteiger charge is 2.52. The van der Waals surface area contributed by atoms with Crippen molar-refractivity contribution in [2.75, 3.05) is 20.7 Å². The van der Waals surface area contributed by atoms with Crippen molar-refractivity contribution in [1.29, 1.82) is 0 Å². The summed E-state index contributed by atoms with van der Waals surface area (Å²) in [5, 5.41) is 3.87. The Hall–Kier alpha value is -2.01. The van der Waals surface area contributed by atoms with Crippen molar-refractivity contribution in [3.63, 3.8) is 0 Å². The Morgan fingerprint density at radius 2 is 2.32 bits per heavy atom. The molecule has 1 aromatic rings. The molecule has 1 spiro atoms. The van der Waals surface area contributed by atoms with E-state index in [4.69, 9.17) is 15.3 Å². The van der Waals surface area contributed by atoms with E-state index >= 15 is 0 Å². The first kappa shape index (κ1) is 13.6. The molecule has 1 aromatic carbocycles. The fourth-order valence-corrected chi connectivity index (χ4v) is 4.06. The molecule has 3 aliphatic rings. The van der Waals surface area contributed by atoms with Gasteiger partial charge in [-0.3, -0.25) is 0 Å². The molecule has 2 N–H and O–H groups in total. The first-order valence-electron chi connectivity index (χ1n) is 7.69. The van der Waals surface area contributed by atoms with Crippen molar-refractivity contribution < 1.29 is 9.47 Å². The van der Waals surface area contributed by atoms with E-state index in [1.54, 1.807) is 7.11 Å². The second kappa shape index (κ2) is 4.74. The van der Waals surface area contributed by atoms with Crippen molar-refractivity contribution in [3.05, 3.63) is 35.4 Å². The highest BCUT2D eigenvalue weighted by atomic mass is 16.5. The molecule has 116 valence electrons. The van der Waals surface area contributed by atoms with E-state index in [9.17, 15) is 0 Å². The first-order valence-corrected chi connectivity index (χ1v) is 7.69. The van der Waals surface area contributed by atoms with Crippen LogP contribution in [0, 0.1) is 0 Å². The normalized spacial score (nSPS) is 31.4. The van der Waals surface area contributed by atoms with Crippen LogP contribution in [0.5, 0.6) is 11.5 Å².